The van der Waals surface area contributed by atoms with Crippen LogP contribution in [0.2, 0.25) is 0 Å². The molecule has 0 radical (unpaired) electrons. The van der Waals surface area contributed by atoms with Gasteiger partial charge in [-0.3, -0.25) is 4.79 Å². The highest BCUT2D eigenvalue weighted by atomic mass is 16.6. The van der Waals surface area contributed by atoms with Crippen LogP contribution < -0.4 is 0 Å². The van der Waals surface area contributed by atoms with Crippen molar-refractivity contribution in [3.05, 3.63) is 0 Å². The summed E-state index contributed by atoms with van der Waals surface area (Å²) in [4.78, 5) is 10.7. The first-order chi connectivity index (χ1) is 5.15. The lowest BCUT2D eigenvalue weighted by atomic mass is 9.90. The molecule has 1 fully saturated rings. The van der Waals surface area contributed by atoms with E-state index in [0.717, 1.165) is 6.42 Å². The van der Waals surface area contributed by atoms with Crippen molar-refractivity contribution in [2.75, 3.05) is 0 Å². The summed E-state index contributed by atoms with van der Waals surface area (Å²) >= 11 is 0. The van der Waals surface area contributed by atoms with Gasteiger partial charge < -0.3 is 9.84 Å². The summed E-state index contributed by atoms with van der Waals surface area (Å²) in [7, 11) is 0. The first kappa shape index (κ1) is 8.53. The summed E-state index contributed by atoms with van der Waals surface area (Å²) in [6.45, 7) is 4.07. The molecule has 0 amide bonds. The molecular weight excluding hydrogens is 144 g/mol. The molecule has 0 aromatic heterocycles. The summed E-state index contributed by atoms with van der Waals surface area (Å²) in [5.74, 6) is 0.0896. The minimum absolute atomic E-state index is 0.00694. The van der Waals surface area contributed by atoms with Crippen LogP contribution >= 0.6 is 0 Å². The van der Waals surface area contributed by atoms with Gasteiger partial charge in [0.1, 0.15) is 0 Å². The van der Waals surface area contributed by atoms with E-state index in [0.29, 0.717) is 12.3 Å². The zero-order valence-electron chi connectivity index (χ0n) is 6.91. The molecule has 64 valence electrons. The highest BCUT2D eigenvalue weighted by Crippen LogP contribution is 2.29. The van der Waals surface area contributed by atoms with Crippen molar-refractivity contribution >= 4 is 5.97 Å². The van der Waals surface area contributed by atoms with Gasteiger partial charge in [-0.05, 0) is 5.92 Å². The average Bonchev–Trinajstić information content (AvgIpc) is 2.28. The van der Waals surface area contributed by atoms with Gasteiger partial charge in [0.15, 0.2) is 0 Å². The van der Waals surface area contributed by atoms with E-state index in [-0.39, 0.29) is 11.9 Å². The smallest absolute Gasteiger partial charge is 0.308 e. The molecule has 3 nitrogen and oxygen atoms in total. The van der Waals surface area contributed by atoms with Crippen LogP contribution in [0.15, 0.2) is 0 Å². The predicted octanol–water partition coefficient (Wildman–Crippen LogP) is 0.914. The van der Waals surface area contributed by atoms with E-state index < -0.39 is 6.29 Å². The number of rotatable bonds is 2. The van der Waals surface area contributed by atoms with Gasteiger partial charge in [-0.25, -0.2) is 0 Å². The van der Waals surface area contributed by atoms with Crippen LogP contribution in [-0.4, -0.2) is 17.4 Å². The Labute approximate surface area is 66.4 Å². The predicted molar refractivity (Wildman–Crippen MR) is 39.7 cm³/mol. The second kappa shape index (κ2) is 3.22. The van der Waals surface area contributed by atoms with Gasteiger partial charge in [-0.2, -0.15) is 0 Å². The molecule has 0 saturated carbocycles. The Kier molecular flexibility index (Phi) is 2.49. The first-order valence-corrected chi connectivity index (χ1v) is 4.02. The van der Waals surface area contributed by atoms with Crippen LogP contribution in [0.3, 0.4) is 0 Å². The highest BCUT2D eigenvalue weighted by molar-refractivity contribution is 5.71. The number of aliphatic hydroxyl groups excluding tert-OH is 1. The Morgan fingerprint density at radius 2 is 2.45 bits per heavy atom. The lowest BCUT2D eigenvalue weighted by Gasteiger charge is -2.17. The Balaban J connectivity index is 2.52. The van der Waals surface area contributed by atoms with Crippen LogP contribution in [0.4, 0.5) is 0 Å². The summed E-state index contributed by atoms with van der Waals surface area (Å²) in [5, 5.41) is 9.22. The van der Waals surface area contributed by atoms with Crippen molar-refractivity contribution in [3.63, 3.8) is 0 Å². The second-order valence-electron chi connectivity index (χ2n) is 3.13. The summed E-state index contributed by atoms with van der Waals surface area (Å²) in [6, 6.07) is 0. The largest absolute Gasteiger partial charge is 0.436 e. The maximum Gasteiger partial charge on any atom is 0.308 e. The quantitative estimate of drug-likeness (QED) is 0.608. The lowest BCUT2D eigenvalue weighted by Crippen LogP contribution is -2.21. The normalized spacial score (nSPS) is 33.5. The molecule has 0 aromatic carbocycles. The van der Waals surface area contributed by atoms with E-state index in [1.165, 1.54) is 0 Å². The van der Waals surface area contributed by atoms with Crippen LogP contribution in [0.25, 0.3) is 0 Å². The molecule has 0 spiro atoms. The van der Waals surface area contributed by atoms with E-state index >= 15 is 0 Å². The van der Waals surface area contributed by atoms with E-state index in [9.17, 15) is 9.90 Å². The third-order valence-corrected chi connectivity index (χ3v) is 2.40. The molecule has 0 aromatic rings. The van der Waals surface area contributed by atoms with E-state index in [2.05, 4.69) is 4.74 Å². The van der Waals surface area contributed by atoms with Crippen molar-refractivity contribution in [1.82, 2.24) is 0 Å². The van der Waals surface area contributed by atoms with Crippen molar-refractivity contribution < 1.29 is 14.6 Å². The van der Waals surface area contributed by atoms with E-state index in [1.54, 1.807) is 0 Å². The van der Waals surface area contributed by atoms with Gasteiger partial charge in [0, 0.05) is 5.92 Å². The SMILES string of the molecule is CCC(C)C1CC(=O)OC1O. The van der Waals surface area contributed by atoms with Gasteiger partial charge >= 0.3 is 5.97 Å². The Morgan fingerprint density at radius 3 is 2.82 bits per heavy atom. The number of esters is 1. The van der Waals surface area contributed by atoms with Crippen molar-refractivity contribution in [2.24, 2.45) is 11.8 Å². The Hall–Kier alpha value is -0.570. The third-order valence-electron chi connectivity index (χ3n) is 2.40. The first-order valence-electron chi connectivity index (χ1n) is 4.02. The van der Waals surface area contributed by atoms with Crippen LogP contribution in [0, 0.1) is 11.8 Å². The average molecular weight is 158 g/mol. The number of hydrogen-bond donors (Lipinski definition) is 1. The fourth-order valence-electron chi connectivity index (χ4n) is 1.35. The second-order valence-corrected chi connectivity index (χ2v) is 3.13. The van der Waals surface area contributed by atoms with Gasteiger partial charge in [0.05, 0.1) is 6.42 Å². The van der Waals surface area contributed by atoms with Gasteiger partial charge in [0.2, 0.25) is 6.29 Å². The molecule has 3 unspecified atom stereocenters. The summed E-state index contributed by atoms with van der Waals surface area (Å²) in [5.41, 5.74) is 0. The number of cyclic esters (lactones) is 1. The topological polar surface area (TPSA) is 46.5 Å². The van der Waals surface area contributed by atoms with E-state index in [1.807, 2.05) is 13.8 Å². The fraction of sp³-hybridized carbons (Fsp3) is 0.875. The molecule has 1 heterocycles. The zero-order chi connectivity index (χ0) is 8.43. The molecule has 1 N–H and O–H groups in total. The molecule has 3 heteroatoms. The van der Waals surface area contributed by atoms with Crippen molar-refractivity contribution in [3.8, 4) is 0 Å². The molecule has 1 aliphatic rings. The lowest BCUT2D eigenvalue weighted by molar-refractivity contribution is -0.157. The van der Waals surface area contributed by atoms with Crippen molar-refractivity contribution in [2.45, 2.75) is 33.0 Å². The maximum atomic E-state index is 10.7. The summed E-state index contributed by atoms with van der Waals surface area (Å²) < 4.78 is 4.61. The Bertz CT molecular complexity index is 155. The molecule has 1 rings (SSSR count). The van der Waals surface area contributed by atoms with Crippen molar-refractivity contribution in [1.29, 1.82) is 0 Å². The minimum Gasteiger partial charge on any atom is -0.436 e. The molecule has 1 saturated heterocycles. The number of carbonyl (C=O) groups excluding carboxylic acids is 1. The molecule has 11 heavy (non-hydrogen) atoms. The van der Waals surface area contributed by atoms with Crippen LogP contribution in [0.5, 0.6) is 0 Å². The van der Waals surface area contributed by atoms with Crippen LogP contribution in [-0.2, 0) is 9.53 Å². The minimum atomic E-state index is -0.863. The molecular formula is C8H14O3. The van der Waals surface area contributed by atoms with E-state index in [4.69, 9.17) is 0 Å². The number of carbonyl (C=O) groups is 1. The van der Waals surface area contributed by atoms with Gasteiger partial charge in [-0.15, -0.1) is 0 Å². The Morgan fingerprint density at radius 1 is 1.82 bits per heavy atom. The molecule has 3 atom stereocenters. The molecule has 1 aliphatic heterocycles. The molecule has 0 bridgehead atoms. The zero-order valence-corrected chi connectivity index (χ0v) is 6.91. The highest BCUT2D eigenvalue weighted by Gasteiger charge is 2.35. The third kappa shape index (κ3) is 1.71. The number of hydrogen-bond acceptors (Lipinski definition) is 3. The number of ether oxygens (including phenoxy) is 1. The summed E-state index contributed by atoms with van der Waals surface area (Å²) in [6.07, 6.45) is 0.478. The molecule has 0 aliphatic carbocycles. The monoisotopic (exact) mass is 158 g/mol. The number of aliphatic hydroxyl groups is 1. The van der Waals surface area contributed by atoms with Crippen LogP contribution in [0.1, 0.15) is 26.7 Å². The van der Waals surface area contributed by atoms with Gasteiger partial charge in [-0.1, -0.05) is 20.3 Å². The van der Waals surface area contributed by atoms with Gasteiger partial charge in [0.25, 0.3) is 0 Å². The standard InChI is InChI=1S/C8H14O3/c1-3-5(2)6-4-7(9)11-8(6)10/h5-6,8,10H,3-4H2,1-2H3. The maximum absolute atomic E-state index is 10.7. The fourth-order valence-corrected chi connectivity index (χ4v) is 1.35.